The van der Waals surface area contributed by atoms with Gasteiger partial charge in [-0.2, -0.15) is 0 Å². The normalized spacial score (nSPS) is 15.0. The van der Waals surface area contributed by atoms with E-state index in [1.54, 1.807) is 54.7 Å². The summed E-state index contributed by atoms with van der Waals surface area (Å²) in [5.74, 6) is 1.48. The molecule has 0 fully saturated rings. The molecule has 1 atom stereocenters. The molecule has 4 aromatic rings. The minimum atomic E-state index is -0.661. The highest BCUT2D eigenvalue weighted by atomic mass is 16.5. The number of fused-ring (bicyclic) bond motifs is 2. The van der Waals surface area contributed by atoms with E-state index in [0.29, 0.717) is 40.4 Å². The number of unbranched alkanes of at least 4 members (excludes halogenated alkanes) is 2. The summed E-state index contributed by atoms with van der Waals surface area (Å²) in [6.45, 7) is 2.92. The molecule has 3 heterocycles. The van der Waals surface area contributed by atoms with E-state index in [4.69, 9.17) is 18.3 Å². The molecule has 7 nitrogen and oxygen atoms in total. The number of furan rings is 1. The van der Waals surface area contributed by atoms with E-state index in [1.807, 2.05) is 18.2 Å². The van der Waals surface area contributed by atoms with Gasteiger partial charge in [-0.3, -0.25) is 9.59 Å². The van der Waals surface area contributed by atoms with Gasteiger partial charge in [0.15, 0.2) is 16.9 Å². The molecule has 35 heavy (non-hydrogen) atoms. The van der Waals surface area contributed by atoms with Crippen molar-refractivity contribution in [2.75, 3.05) is 13.7 Å². The van der Waals surface area contributed by atoms with Crippen molar-refractivity contribution in [2.45, 2.75) is 38.8 Å². The van der Waals surface area contributed by atoms with Crippen LogP contribution in [0.3, 0.4) is 0 Å². The summed E-state index contributed by atoms with van der Waals surface area (Å²) in [7, 11) is 1.58. The number of hydrogen-bond acceptors (Lipinski definition) is 6. The third-order valence-electron chi connectivity index (χ3n) is 6.29. The third-order valence-corrected chi connectivity index (χ3v) is 6.29. The summed E-state index contributed by atoms with van der Waals surface area (Å²) in [5.41, 5.74) is 1.21. The maximum atomic E-state index is 13.6. The van der Waals surface area contributed by atoms with E-state index in [9.17, 15) is 9.59 Å². The Morgan fingerprint density at radius 2 is 1.86 bits per heavy atom. The molecule has 0 radical (unpaired) electrons. The Bertz CT molecular complexity index is 1400. The summed E-state index contributed by atoms with van der Waals surface area (Å²) in [6, 6.07) is 15.4. The molecule has 1 aliphatic heterocycles. The van der Waals surface area contributed by atoms with Crippen LogP contribution in [0, 0.1) is 0 Å². The van der Waals surface area contributed by atoms with Crippen LogP contribution >= 0.6 is 0 Å². The molecule has 0 saturated carbocycles. The van der Waals surface area contributed by atoms with E-state index in [-0.39, 0.29) is 23.6 Å². The van der Waals surface area contributed by atoms with Crippen molar-refractivity contribution in [3.8, 4) is 11.5 Å². The van der Waals surface area contributed by atoms with E-state index in [2.05, 4.69) is 6.92 Å². The average Bonchev–Trinajstić information content (AvgIpc) is 3.49. The number of amides is 1. The zero-order valence-electron chi connectivity index (χ0n) is 19.8. The van der Waals surface area contributed by atoms with Crippen LogP contribution in [0.4, 0.5) is 0 Å². The largest absolute Gasteiger partial charge is 0.493 e. The zero-order valence-corrected chi connectivity index (χ0v) is 19.8. The molecule has 7 heteroatoms. The van der Waals surface area contributed by atoms with Crippen molar-refractivity contribution in [3.05, 3.63) is 93.7 Å². The van der Waals surface area contributed by atoms with E-state index in [0.717, 1.165) is 24.8 Å². The lowest BCUT2D eigenvalue weighted by molar-refractivity contribution is 0.0701. The van der Waals surface area contributed by atoms with Gasteiger partial charge in [0.2, 0.25) is 5.76 Å². The Hall–Kier alpha value is -4.00. The zero-order chi connectivity index (χ0) is 24.4. The van der Waals surface area contributed by atoms with Gasteiger partial charge in [-0.15, -0.1) is 0 Å². The second-order valence-corrected chi connectivity index (χ2v) is 8.55. The van der Waals surface area contributed by atoms with Crippen LogP contribution < -0.4 is 14.9 Å². The smallest absolute Gasteiger partial charge is 0.291 e. The lowest BCUT2D eigenvalue weighted by Gasteiger charge is -2.25. The van der Waals surface area contributed by atoms with Gasteiger partial charge in [-0.1, -0.05) is 38.0 Å². The second kappa shape index (κ2) is 9.70. The van der Waals surface area contributed by atoms with Crippen LogP contribution in [0.25, 0.3) is 11.0 Å². The van der Waals surface area contributed by atoms with Crippen molar-refractivity contribution < 1.29 is 23.1 Å². The molecular weight excluding hydrogens is 446 g/mol. The second-order valence-electron chi connectivity index (χ2n) is 8.55. The van der Waals surface area contributed by atoms with Crippen molar-refractivity contribution in [3.63, 3.8) is 0 Å². The van der Waals surface area contributed by atoms with Gasteiger partial charge in [0.05, 0.1) is 43.5 Å². The number of nitrogens with zero attached hydrogens (tertiary/aromatic N) is 1. The van der Waals surface area contributed by atoms with E-state index < -0.39 is 6.04 Å². The van der Waals surface area contributed by atoms with Gasteiger partial charge < -0.3 is 23.2 Å². The predicted octanol–water partition coefficient (Wildman–Crippen LogP) is 5.71. The number of para-hydroxylation sites is 1. The summed E-state index contributed by atoms with van der Waals surface area (Å²) in [6.07, 6.45) is 4.71. The number of methoxy groups -OCH3 is 1. The minimum absolute atomic E-state index is 0.0594. The molecular formula is C28H27NO6. The number of ether oxygens (including phenoxy) is 2. The summed E-state index contributed by atoms with van der Waals surface area (Å²) in [5, 5.41) is 0.437. The van der Waals surface area contributed by atoms with Crippen LogP contribution in [-0.2, 0) is 6.54 Å². The molecule has 0 saturated heterocycles. The first-order valence-corrected chi connectivity index (χ1v) is 11.8. The fraction of sp³-hybridized carbons (Fsp3) is 0.286. The fourth-order valence-electron chi connectivity index (χ4n) is 4.55. The van der Waals surface area contributed by atoms with E-state index in [1.165, 1.54) is 0 Å². The topological polar surface area (TPSA) is 82.1 Å². The standard InChI is InChI=1S/C28H27NO6/c1-3-4-7-14-34-22-13-12-18(16-23(22)32-2)25-24-26(30)20-10-5-6-11-21(20)35-27(24)28(31)29(25)17-19-9-8-15-33-19/h5-6,8-13,15-16,25H,3-4,7,14,17H2,1-2H3/t25-/m1/s1. The molecule has 0 bridgehead atoms. The highest BCUT2D eigenvalue weighted by molar-refractivity contribution is 5.99. The molecule has 0 spiro atoms. The first-order chi connectivity index (χ1) is 17.1. The Kier molecular flexibility index (Phi) is 6.31. The Morgan fingerprint density at radius 1 is 1.00 bits per heavy atom. The number of carbonyl (C=O) groups excluding carboxylic acids is 1. The molecule has 2 aromatic carbocycles. The minimum Gasteiger partial charge on any atom is -0.493 e. The number of hydrogen-bond donors (Lipinski definition) is 0. The number of benzene rings is 2. The van der Waals surface area contributed by atoms with E-state index >= 15 is 0 Å². The average molecular weight is 474 g/mol. The van der Waals surface area contributed by atoms with Gasteiger partial charge in [0.25, 0.3) is 5.91 Å². The fourth-order valence-corrected chi connectivity index (χ4v) is 4.55. The number of rotatable bonds is 9. The maximum Gasteiger partial charge on any atom is 0.291 e. The number of carbonyl (C=O) groups is 1. The van der Waals surface area contributed by atoms with Crippen molar-refractivity contribution in [1.82, 2.24) is 4.90 Å². The van der Waals surface area contributed by atoms with Crippen molar-refractivity contribution in [1.29, 1.82) is 0 Å². The monoisotopic (exact) mass is 473 g/mol. The van der Waals surface area contributed by atoms with Crippen LogP contribution in [0.1, 0.15) is 59.7 Å². The third kappa shape index (κ3) is 4.18. The van der Waals surface area contributed by atoms with Crippen LogP contribution in [0.2, 0.25) is 0 Å². The first-order valence-electron chi connectivity index (χ1n) is 11.8. The quantitative estimate of drug-likeness (QED) is 0.290. The lowest BCUT2D eigenvalue weighted by atomic mass is 9.98. The predicted molar refractivity (Wildman–Crippen MR) is 131 cm³/mol. The van der Waals surface area contributed by atoms with Gasteiger partial charge >= 0.3 is 0 Å². The Morgan fingerprint density at radius 3 is 2.63 bits per heavy atom. The SMILES string of the molecule is CCCCCOc1ccc([C@@H]2c3c(oc4ccccc4c3=O)C(=O)N2Cc2ccco2)cc1OC. The molecule has 0 N–H and O–H groups in total. The highest BCUT2D eigenvalue weighted by Crippen LogP contribution is 2.41. The Balaban J connectivity index is 1.60. The summed E-state index contributed by atoms with van der Waals surface area (Å²) in [4.78, 5) is 28.7. The lowest BCUT2D eigenvalue weighted by Crippen LogP contribution is -2.29. The summed E-state index contributed by atoms with van der Waals surface area (Å²) < 4.78 is 23.0. The molecule has 5 rings (SSSR count). The molecule has 0 aliphatic carbocycles. The molecule has 0 unspecified atom stereocenters. The van der Waals surface area contributed by atoms with Crippen molar-refractivity contribution >= 4 is 16.9 Å². The van der Waals surface area contributed by atoms with Gasteiger partial charge in [-0.05, 0) is 48.4 Å². The van der Waals surface area contributed by atoms with Crippen LogP contribution in [0.15, 0.2) is 74.5 Å². The first kappa shape index (κ1) is 22.8. The molecule has 2 aromatic heterocycles. The summed E-state index contributed by atoms with van der Waals surface area (Å²) >= 11 is 0. The van der Waals surface area contributed by atoms with Crippen molar-refractivity contribution in [2.24, 2.45) is 0 Å². The van der Waals surface area contributed by atoms with Gasteiger partial charge in [-0.25, -0.2) is 0 Å². The van der Waals surface area contributed by atoms with Gasteiger partial charge in [0.1, 0.15) is 11.3 Å². The Labute approximate surface area is 202 Å². The maximum absolute atomic E-state index is 13.6. The molecule has 1 aliphatic rings. The molecule has 1 amide bonds. The van der Waals surface area contributed by atoms with Gasteiger partial charge in [0, 0.05) is 0 Å². The molecule has 180 valence electrons. The van der Waals surface area contributed by atoms with Crippen LogP contribution in [0.5, 0.6) is 11.5 Å². The highest BCUT2D eigenvalue weighted by Gasteiger charge is 2.43. The van der Waals surface area contributed by atoms with Crippen LogP contribution in [-0.4, -0.2) is 24.5 Å².